The highest BCUT2D eigenvalue weighted by Gasteiger charge is 2.23. The quantitative estimate of drug-likeness (QED) is 0.534. The molecule has 150 valence electrons. The minimum Gasteiger partial charge on any atom is -0.384 e. The predicted octanol–water partition coefficient (Wildman–Crippen LogP) is 4.52. The molecule has 2 aromatic heterocycles. The van der Waals surface area contributed by atoms with Crippen molar-refractivity contribution in [3.63, 3.8) is 0 Å². The Morgan fingerprint density at radius 3 is 2.54 bits per heavy atom. The lowest BCUT2D eigenvalue weighted by molar-refractivity contribution is 0.0954. The molecular weight excluding hydrogens is 350 g/mol. The summed E-state index contributed by atoms with van der Waals surface area (Å²) in [7, 11) is 0. The first-order valence-electron chi connectivity index (χ1n) is 10.4. The summed E-state index contributed by atoms with van der Waals surface area (Å²) in [5, 5.41) is 3.00. The number of amides is 1. The standard InChI is InChI=1S/C22H31N5O/c1-4-5-6-9-14-27-20(23)18(22(28)24-13-12-15(2)3)19-21(27)26-17-11-8-7-10-16(17)25-19/h7-8,10-11,15H,4-6,9,12-14,23H2,1-3H3,(H,24,28). The Morgan fingerprint density at radius 2 is 1.86 bits per heavy atom. The van der Waals surface area contributed by atoms with Gasteiger partial charge in [-0.2, -0.15) is 0 Å². The van der Waals surface area contributed by atoms with Gasteiger partial charge in [-0.05, 0) is 30.9 Å². The minimum absolute atomic E-state index is 0.167. The van der Waals surface area contributed by atoms with Gasteiger partial charge in [-0.15, -0.1) is 0 Å². The molecule has 28 heavy (non-hydrogen) atoms. The molecule has 0 saturated heterocycles. The van der Waals surface area contributed by atoms with Gasteiger partial charge in [0.1, 0.15) is 16.9 Å². The number of hydrogen-bond acceptors (Lipinski definition) is 4. The molecule has 3 rings (SSSR count). The molecule has 6 nitrogen and oxygen atoms in total. The normalized spacial score (nSPS) is 11.6. The van der Waals surface area contributed by atoms with Crippen LogP contribution in [-0.2, 0) is 6.54 Å². The zero-order valence-electron chi connectivity index (χ0n) is 17.2. The molecule has 0 atom stereocenters. The second-order valence-electron chi connectivity index (χ2n) is 7.80. The van der Waals surface area contributed by atoms with Crippen LogP contribution in [0.1, 0.15) is 63.2 Å². The van der Waals surface area contributed by atoms with Gasteiger partial charge in [-0.25, -0.2) is 9.97 Å². The van der Waals surface area contributed by atoms with Crippen molar-refractivity contribution in [3.05, 3.63) is 29.8 Å². The number of nitrogens with one attached hydrogen (secondary N) is 1. The van der Waals surface area contributed by atoms with E-state index in [9.17, 15) is 4.79 Å². The number of nitrogen functional groups attached to an aromatic ring is 1. The molecule has 0 bridgehead atoms. The van der Waals surface area contributed by atoms with E-state index in [2.05, 4.69) is 26.1 Å². The van der Waals surface area contributed by atoms with E-state index >= 15 is 0 Å². The first kappa shape index (κ1) is 20.1. The summed E-state index contributed by atoms with van der Waals surface area (Å²) in [5.41, 5.74) is 9.77. The smallest absolute Gasteiger partial charge is 0.257 e. The first-order valence-corrected chi connectivity index (χ1v) is 10.4. The summed E-state index contributed by atoms with van der Waals surface area (Å²) < 4.78 is 1.96. The molecular formula is C22H31N5O. The lowest BCUT2D eigenvalue weighted by Crippen LogP contribution is -2.26. The molecule has 0 aliphatic heterocycles. The van der Waals surface area contributed by atoms with Gasteiger partial charge in [0.05, 0.1) is 11.0 Å². The van der Waals surface area contributed by atoms with E-state index in [4.69, 9.17) is 15.7 Å². The maximum atomic E-state index is 12.9. The Bertz CT molecular complexity index is 960. The van der Waals surface area contributed by atoms with Crippen molar-refractivity contribution in [1.29, 1.82) is 0 Å². The number of nitrogens with two attached hydrogens (primary N) is 1. The molecule has 3 N–H and O–H groups in total. The number of carbonyl (C=O) groups is 1. The molecule has 0 radical (unpaired) electrons. The van der Waals surface area contributed by atoms with Crippen molar-refractivity contribution in [2.75, 3.05) is 12.3 Å². The fourth-order valence-corrected chi connectivity index (χ4v) is 3.43. The number of rotatable bonds is 9. The van der Waals surface area contributed by atoms with Crippen molar-refractivity contribution in [2.45, 2.75) is 59.4 Å². The summed E-state index contributed by atoms with van der Waals surface area (Å²) in [6.07, 6.45) is 5.43. The highest BCUT2D eigenvalue weighted by atomic mass is 16.1. The van der Waals surface area contributed by atoms with E-state index in [0.717, 1.165) is 36.8 Å². The van der Waals surface area contributed by atoms with Gasteiger partial charge in [-0.3, -0.25) is 4.79 Å². The fourth-order valence-electron chi connectivity index (χ4n) is 3.43. The van der Waals surface area contributed by atoms with Crippen LogP contribution in [0.3, 0.4) is 0 Å². The van der Waals surface area contributed by atoms with Crippen molar-refractivity contribution in [3.8, 4) is 0 Å². The molecule has 0 saturated carbocycles. The van der Waals surface area contributed by atoms with Gasteiger partial charge in [0.2, 0.25) is 0 Å². The Hall–Kier alpha value is -2.63. The maximum absolute atomic E-state index is 12.9. The number of carbonyl (C=O) groups excluding carboxylic acids is 1. The van der Waals surface area contributed by atoms with Crippen LogP contribution in [0, 0.1) is 5.92 Å². The highest BCUT2D eigenvalue weighted by molar-refractivity contribution is 6.10. The number of para-hydroxylation sites is 2. The molecule has 0 aliphatic rings. The van der Waals surface area contributed by atoms with Crippen LogP contribution in [0.2, 0.25) is 0 Å². The third-order valence-corrected chi connectivity index (χ3v) is 5.06. The molecule has 6 heteroatoms. The molecule has 1 amide bonds. The lowest BCUT2D eigenvalue weighted by Gasteiger charge is -2.08. The van der Waals surface area contributed by atoms with Crippen LogP contribution in [0.25, 0.3) is 22.2 Å². The van der Waals surface area contributed by atoms with Gasteiger partial charge in [0.15, 0.2) is 5.65 Å². The van der Waals surface area contributed by atoms with Crippen LogP contribution >= 0.6 is 0 Å². The zero-order chi connectivity index (χ0) is 20.1. The number of aromatic nitrogens is 3. The van der Waals surface area contributed by atoms with Crippen LogP contribution in [0.15, 0.2) is 24.3 Å². The number of aryl methyl sites for hydroxylation is 1. The van der Waals surface area contributed by atoms with Crippen LogP contribution in [-0.4, -0.2) is 27.0 Å². The zero-order valence-corrected chi connectivity index (χ0v) is 17.2. The van der Waals surface area contributed by atoms with Gasteiger partial charge in [-0.1, -0.05) is 52.2 Å². The summed E-state index contributed by atoms with van der Waals surface area (Å²) in [6.45, 7) is 7.84. The van der Waals surface area contributed by atoms with E-state index in [-0.39, 0.29) is 5.91 Å². The minimum atomic E-state index is -0.167. The van der Waals surface area contributed by atoms with Crippen LogP contribution < -0.4 is 11.1 Å². The van der Waals surface area contributed by atoms with Crippen LogP contribution in [0.5, 0.6) is 0 Å². The van der Waals surface area contributed by atoms with E-state index < -0.39 is 0 Å². The third-order valence-electron chi connectivity index (χ3n) is 5.06. The molecule has 1 aromatic carbocycles. The monoisotopic (exact) mass is 381 g/mol. The van der Waals surface area contributed by atoms with E-state index in [1.807, 2.05) is 28.8 Å². The van der Waals surface area contributed by atoms with E-state index in [1.165, 1.54) is 12.8 Å². The number of unbranched alkanes of at least 4 members (excludes halogenated alkanes) is 3. The molecule has 3 aromatic rings. The number of benzene rings is 1. The van der Waals surface area contributed by atoms with Crippen LogP contribution in [0.4, 0.5) is 5.82 Å². The Balaban J connectivity index is 2.01. The SMILES string of the molecule is CCCCCCn1c(N)c(C(=O)NCCC(C)C)c2nc3ccccc3nc21. The average molecular weight is 382 g/mol. The molecule has 0 unspecified atom stereocenters. The Kier molecular flexibility index (Phi) is 6.49. The number of fused-ring (bicyclic) bond motifs is 2. The Morgan fingerprint density at radius 1 is 1.14 bits per heavy atom. The van der Waals surface area contributed by atoms with Gasteiger partial charge < -0.3 is 15.6 Å². The number of nitrogens with zero attached hydrogens (tertiary/aromatic N) is 3. The van der Waals surface area contributed by atoms with E-state index in [1.54, 1.807) is 0 Å². The van der Waals surface area contributed by atoms with Crippen molar-refractivity contribution in [2.24, 2.45) is 5.92 Å². The second kappa shape index (κ2) is 9.04. The lowest BCUT2D eigenvalue weighted by atomic mass is 10.1. The second-order valence-corrected chi connectivity index (χ2v) is 7.80. The third kappa shape index (κ3) is 4.26. The Labute approximate surface area is 166 Å². The highest BCUT2D eigenvalue weighted by Crippen LogP contribution is 2.28. The largest absolute Gasteiger partial charge is 0.384 e. The van der Waals surface area contributed by atoms with Gasteiger partial charge in [0, 0.05) is 13.1 Å². The van der Waals surface area contributed by atoms with Crippen molar-refractivity contribution in [1.82, 2.24) is 19.9 Å². The average Bonchev–Trinajstić information content (AvgIpc) is 2.93. The first-order chi connectivity index (χ1) is 13.5. The van der Waals surface area contributed by atoms with Gasteiger partial charge >= 0.3 is 0 Å². The summed E-state index contributed by atoms with van der Waals surface area (Å²) in [5.74, 6) is 0.824. The number of anilines is 1. The molecule has 0 fully saturated rings. The van der Waals surface area contributed by atoms with Gasteiger partial charge in [0.25, 0.3) is 5.91 Å². The molecule has 0 aliphatic carbocycles. The number of hydrogen-bond donors (Lipinski definition) is 2. The predicted molar refractivity (Wildman–Crippen MR) is 115 cm³/mol. The topological polar surface area (TPSA) is 85.8 Å². The fraction of sp³-hybridized carbons (Fsp3) is 0.500. The maximum Gasteiger partial charge on any atom is 0.257 e. The molecule has 0 spiro atoms. The molecule has 2 heterocycles. The van der Waals surface area contributed by atoms with E-state index in [0.29, 0.717) is 35.0 Å². The summed E-state index contributed by atoms with van der Waals surface area (Å²) in [4.78, 5) is 22.4. The van der Waals surface area contributed by atoms with Crippen molar-refractivity contribution >= 4 is 33.9 Å². The summed E-state index contributed by atoms with van der Waals surface area (Å²) >= 11 is 0. The summed E-state index contributed by atoms with van der Waals surface area (Å²) in [6, 6.07) is 7.72. The van der Waals surface area contributed by atoms with Crippen molar-refractivity contribution < 1.29 is 4.79 Å².